The van der Waals surface area contributed by atoms with E-state index in [0.717, 1.165) is 58.2 Å². The Morgan fingerprint density at radius 3 is 2.74 bits per heavy atom. The molecule has 1 aliphatic rings. The van der Waals surface area contributed by atoms with E-state index in [2.05, 4.69) is 40.2 Å². The molecule has 31 heavy (non-hydrogen) atoms. The summed E-state index contributed by atoms with van der Waals surface area (Å²) in [6.07, 6.45) is 8.88. The van der Waals surface area contributed by atoms with Crippen molar-refractivity contribution in [2.45, 2.75) is 78.3 Å². The molecule has 0 atom stereocenters. The van der Waals surface area contributed by atoms with E-state index in [4.69, 9.17) is 4.98 Å². The van der Waals surface area contributed by atoms with Crippen LogP contribution in [-0.4, -0.2) is 26.5 Å². The van der Waals surface area contributed by atoms with Crippen LogP contribution < -0.4 is 5.32 Å². The molecular formula is C25H32N4OS. The first-order chi connectivity index (χ1) is 15.0. The molecule has 6 heteroatoms. The van der Waals surface area contributed by atoms with Gasteiger partial charge in [-0.3, -0.25) is 9.78 Å². The summed E-state index contributed by atoms with van der Waals surface area (Å²) >= 11 is 1.65. The standard InChI is InChI=1S/C25H32N4OS/c1-5-19-13-18(11-12-26-19)25-28-22(15-31-25)23-14-21(24(30)27-16(2)3)17(4)29(23)20-9-7-6-8-10-20/h11-16,20H,5-10H2,1-4H3,(H,27,30). The van der Waals surface area contributed by atoms with E-state index in [0.29, 0.717) is 6.04 Å². The van der Waals surface area contributed by atoms with E-state index in [1.165, 1.54) is 19.3 Å². The second-order valence-corrected chi connectivity index (χ2v) is 9.60. The van der Waals surface area contributed by atoms with Gasteiger partial charge in [0.1, 0.15) is 5.01 Å². The summed E-state index contributed by atoms with van der Waals surface area (Å²) < 4.78 is 2.39. The van der Waals surface area contributed by atoms with Crippen LogP contribution in [0, 0.1) is 6.92 Å². The molecule has 3 heterocycles. The zero-order chi connectivity index (χ0) is 22.0. The Kier molecular flexibility index (Phi) is 6.56. The Morgan fingerprint density at radius 1 is 1.26 bits per heavy atom. The average Bonchev–Trinajstić information content (AvgIpc) is 3.39. The van der Waals surface area contributed by atoms with Crippen molar-refractivity contribution in [1.82, 2.24) is 19.9 Å². The van der Waals surface area contributed by atoms with Crippen LogP contribution in [0.3, 0.4) is 0 Å². The van der Waals surface area contributed by atoms with Gasteiger partial charge in [-0.15, -0.1) is 11.3 Å². The van der Waals surface area contributed by atoms with Gasteiger partial charge in [-0.1, -0.05) is 26.2 Å². The first-order valence-corrected chi connectivity index (χ1v) is 12.3. The van der Waals surface area contributed by atoms with Gasteiger partial charge in [-0.2, -0.15) is 0 Å². The number of thiazole rings is 1. The van der Waals surface area contributed by atoms with Gasteiger partial charge >= 0.3 is 0 Å². The number of carbonyl (C=O) groups excluding carboxylic acids is 1. The number of pyridine rings is 1. The fourth-order valence-corrected chi connectivity index (χ4v) is 5.34. The third-order valence-corrected chi connectivity index (χ3v) is 6.98. The topological polar surface area (TPSA) is 59.8 Å². The van der Waals surface area contributed by atoms with Crippen molar-refractivity contribution in [2.24, 2.45) is 0 Å². The number of carbonyl (C=O) groups is 1. The average molecular weight is 437 g/mol. The van der Waals surface area contributed by atoms with Crippen molar-refractivity contribution in [3.8, 4) is 22.0 Å². The normalized spacial score (nSPS) is 14.9. The molecule has 0 aliphatic heterocycles. The van der Waals surface area contributed by atoms with Crippen molar-refractivity contribution < 1.29 is 4.79 Å². The van der Waals surface area contributed by atoms with Crippen molar-refractivity contribution in [1.29, 1.82) is 0 Å². The molecular weight excluding hydrogens is 404 g/mol. The van der Waals surface area contributed by atoms with Crippen molar-refractivity contribution in [3.63, 3.8) is 0 Å². The first-order valence-electron chi connectivity index (χ1n) is 11.4. The summed E-state index contributed by atoms with van der Waals surface area (Å²) in [5.41, 5.74) is 6.00. The lowest BCUT2D eigenvalue weighted by Gasteiger charge is -2.27. The Labute approximate surface area is 188 Å². The van der Waals surface area contributed by atoms with Crippen LogP contribution in [0.25, 0.3) is 22.0 Å². The minimum atomic E-state index is 0.000448. The molecule has 3 aromatic rings. The summed E-state index contributed by atoms with van der Waals surface area (Å²) in [4.78, 5) is 22.3. The van der Waals surface area contributed by atoms with Crippen LogP contribution in [0.2, 0.25) is 0 Å². The summed E-state index contributed by atoms with van der Waals surface area (Å²) in [6, 6.07) is 6.73. The van der Waals surface area contributed by atoms with Crippen LogP contribution in [0.5, 0.6) is 0 Å². The third kappa shape index (κ3) is 4.59. The highest BCUT2D eigenvalue weighted by Crippen LogP contribution is 2.37. The molecule has 1 aliphatic carbocycles. The van der Waals surface area contributed by atoms with Gasteiger partial charge in [0.15, 0.2) is 0 Å². The van der Waals surface area contributed by atoms with Crippen molar-refractivity contribution in [3.05, 3.63) is 46.7 Å². The molecule has 1 amide bonds. The zero-order valence-electron chi connectivity index (χ0n) is 18.9. The highest BCUT2D eigenvalue weighted by atomic mass is 32.1. The quantitative estimate of drug-likeness (QED) is 0.501. The maximum atomic E-state index is 12.9. The SMILES string of the molecule is CCc1cc(-c2nc(-c3cc(C(=O)NC(C)C)c(C)n3C3CCCCC3)cs2)ccn1. The second-order valence-electron chi connectivity index (χ2n) is 8.75. The molecule has 0 unspecified atom stereocenters. The number of nitrogens with one attached hydrogen (secondary N) is 1. The molecule has 0 bridgehead atoms. The highest BCUT2D eigenvalue weighted by molar-refractivity contribution is 7.13. The van der Waals surface area contributed by atoms with Gasteiger partial charge in [-0.05, 0) is 58.2 Å². The Morgan fingerprint density at radius 2 is 2.03 bits per heavy atom. The lowest BCUT2D eigenvalue weighted by atomic mass is 9.95. The minimum absolute atomic E-state index is 0.000448. The number of nitrogens with zero attached hydrogens (tertiary/aromatic N) is 3. The third-order valence-electron chi connectivity index (χ3n) is 6.09. The highest BCUT2D eigenvalue weighted by Gasteiger charge is 2.26. The van der Waals surface area contributed by atoms with E-state index < -0.39 is 0 Å². The maximum absolute atomic E-state index is 12.9. The van der Waals surface area contributed by atoms with Crippen LogP contribution in [0.15, 0.2) is 29.8 Å². The van der Waals surface area contributed by atoms with Crippen LogP contribution >= 0.6 is 11.3 Å². The van der Waals surface area contributed by atoms with E-state index in [1.807, 2.05) is 32.2 Å². The fraction of sp³-hybridized carbons (Fsp3) is 0.480. The number of hydrogen-bond donors (Lipinski definition) is 1. The molecule has 1 saturated carbocycles. The van der Waals surface area contributed by atoms with Gasteiger partial charge < -0.3 is 9.88 Å². The van der Waals surface area contributed by atoms with E-state index in [-0.39, 0.29) is 11.9 Å². The lowest BCUT2D eigenvalue weighted by molar-refractivity contribution is 0.0942. The van der Waals surface area contributed by atoms with Crippen LogP contribution in [-0.2, 0) is 6.42 Å². The van der Waals surface area contributed by atoms with Crippen LogP contribution in [0.1, 0.15) is 80.7 Å². The summed E-state index contributed by atoms with van der Waals surface area (Å²) in [5.74, 6) is 0.000448. The number of aryl methyl sites for hydroxylation is 1. The Hall–Kier alpha value is -2.47. The number of rotatable bonds is 6. The summed E-state index contributed by atoms with van der Waals surface area (Å²) in [7, 11) is 0. The van der Waals surface area contributed by atoms with Gasteiger partial charge in [0.05, 0.1) is 17.0 Å². The van der Waals surface area contributed by atoms with E-state index in [1.54, 1.807) is 11.3 Å². The molecule has 164 valence electrons. The molecule has 0 radical (unpaired) electrons. The maximum Gasteiger partial charge on any atom is 0.253 e. The minimum Gasteiger partial charge on any atom is -0.350 e. The smallest absolute Gasteiger partial charge is 0.253 e. The van der Waals surface area contributed by atoms with E-state index >= 15 is 0 Å². The Balaban J connectivity index is 1.76. The molecule has 3 aromatic heterocycles. The van der Waals surface area contributed by atoms with Gasteiger partial charge in [0, 0.05) is 40.6 Å². The Bertz CT molecular complexity index is 1060. The predicted molar refractivity (Wildman–Crippen MR) is 128 cm³/mol. The molecule has 0 spiro atoms. The monoisotopic (exact) mass is 436 g/mol. The second kappa shape index (κ2) is 9.35. The number of aromatic nitrogens is 3. The molecule has 0 saturated heterocycles. The summed E-state index contributed by atoms with van der Waals surface area (Å²) in [5, 5.41) is 6.18. The summed E-state index contributed by atoms with van der Waals surface area (Å²) in [6.45, 7) is 8.19. The molecule has 1 fully saturated rings. The predicted octanol–water partition coefficient (Wildman–Crippen LogP) is 6.19. The number of amides is 1. The van der Waals surface area contributed by atoms with Crippen molar-refractivity contribution in [2.75, 3.05) is 0 Å². The molecule has 4 rings (SSSR count). The molecule has 1 N–H and O–H groups in total. The lowest BCUT2D eigenvalue weighted by Crippen LogP contribution is -2.30. The largest absolute Gasteiger partial charge is 0.350 e. The van der Waals surface area contributed by atoms with Gasteiger partial charge in [0.2, 0.25) is 0 Å². The van der Waals surface area contributed by atoms with Crippen molar-refractivity contribution >= 4 is 17.2 Å². The first kappa shape index (κ1) is 21.8. The van der Waals surface area contributed by atoms with Gasteiger partial charge in [0.25, 0.3) is 5.91 Å². The van der Waals surface area contributed by atoms with Crippen LogP contribution in [0.4, 0.5) is 0 Å². The molecule has 0 aromatic carbocycles. The molecule has 5 nitrogen and oxygen atoms in total. The zero-order valence-corrected chi connectivity index (χ0v) is 19.8. The fourth-order valence-electron chi connectivity index (χ4n) is 4.53. The van der Waals surface area contributed by atoms with E-state index in [9.17, 15) is 4.79 Å². The number of hydrogen-bond acceptors (Lipinski definition) is 4. The van der Waals surface area contributed by atoms with Gasteiger partial charge in [-0.25, -0.2) is 4.98 Å².